The summed E-state index contributed by atoms with van der Waals surface area (Å²) in [6.07, 6.45) is 4.94. The van der Waals surface area contributed by atoms with Gasteiger partial charge in [0.15, 0.2) is 0 Å². The Kier molecular flexibility index (Phi) is 5.24. The lowest BCUT2D eigenvalue weighted by Gasteiger charge is -2.28. The Hall–Kier alpha value is -0.520. The molecule has 2 unspecified atom stereocenters. The summed E-state index contributed by atoms with van der Waals surface area (Å²) >= 11 is 3.78. The highest BCUT2D eigenvalue weighted by molar-refractivity contribution is 7.99. The number of rotatable bonds is 3. The lowest BCUT2D eigenvalue weighted by Crippen LogP contribution is -2.41. The summed E-state index contributed by atoms with van der Waals surface area (Å²) in [7, 11) is 1.90. The summed E-state index contributed by atoms with van der Waals surface area (Å²) in [4.78, 5) is 16.2. The van der Waals surface area contributed by atoms with Crippen molar-refractivity contribution < 1.29 is 4.79 Å². The molecule has 2 aliphatic heterocycles. The minimum atomic E-state index is -0.138. The Balaban J connectivity index is 1.71. The van der Waals surface area contributed by atoms with Gasteiger partial charge in [0.2, 0.25) is 5.91 Å². The van der Waals surface area contributed by atoms with Crippen molar-refractivity contribution in [2.45, 2.75) is 31.7 Å². The summed E-state index contributed by atoms with van der Waals surface area (Å²) in [5.74, 6) is 3.46. The van der Waals surface area contributed by atoms with Gasteiger partial charge in [-0.1, -0.05) is 6.42 Å². The van der Waals surface area contributed by atoms with Gasteiger partial charge in [-0.25, -0.2) is 0 Å². The Labute approximate surface area is 135 Å². The zero-order chi connectivity index (χ0) is 14.7. The number of amides is 1. The maximum atomic E-state index is 12.9. The molecule has 0 radical (unpaired) electrons. The molecule has 0 aliphatic carbocycles. The van der Waals surface area contributed by atoms with Crippen molar-refractivity contribution in [2.24, 2.45) is 5.92 Å². The van der Waals surface area contributed by atoms with Crippen LogP contribution in [-0.2, 0) is 11.2 Å². The molecule has 0 saturated carbocycles. The molecule has 0 bridgehead atoms. The Morgan fingerprint density at radius 1 is 1.43 bits per heavy atom. The molecule has 21 heavy (non-hydrogen) atoms. The van der Waals surface area contributed by atoms with Gasteiger partial charge < -0.3 is 10.2 Å². The number of carbonyl (C=O) groups is 1. The molecule has 3 rings (SSSR count). The molecule has 0 aromatic carbocycles. The van der Waals surface area contributed by atoms with Crippen LogP contribution in [0.15, 0.2) is 11.4 Å². The molecule has 1 aromatic rings. The van der Waals surface area contributed by atoms with E-state index in [1.807, 2.05) is 7.05 Å². The average molecular weight is 325 g/mol. The Morgan fingerprint density at radius 2 is 2.33 bits per heavy atom. The monoisotopic (exact) mass is 324 g/mol. The van der Waals surface area contributed by atoms with E-state index in [9.17, 15) is 4.79 Å². The summed E-state index contributed by atoms with van der Waals surface area (Å²) in [6.45, 7) is 1.82. The Bertz CT molecular complexity index is 480. The van der Waals surface area contributed by atoms with Gasteiger partial charge in [0.1, 0.15) is 6.04 Å². The van der Waals surface area contributed by atoms with Gasteiger partial charge in [0.05, 0.1) is 0 Å². The van der Waals surface area contributed by atoms with E-state index in [1.165, 1.54) is 41.2 Å². The van der Waals surface area contributed by atoms with Crippen molar-refractivity contribution in [3.05, 3.63) is 21.9 Å². The van der Waals surface area contributed by atoms with Crippen LogP contribution in [-0.4, -0.2) is 42.4 Å². The largest absolute Gasteiger partial charge is 0.340 e. The number of hydrogen-bond donors (Lipinski definition) is 1. The zero-order valence-electron chi connectivity index (χ0n) is 12.6. The third-order valence-corrected chi connectivity index (χ3v) is 6.83. The van der Waals surface area contributed by atoms with Gasteiger partial charge in [0, 0.05) is 18.0 Å². The molecule has 1 amide bonds. The van der Waals surface area contributed by atoms with E-state index >= 15 is 0 Å². The molecule has 1 N–H and O–H groups in total. The number of hydrogen-bond acceptors (Lipinski definition) is 4. The molecule has 2 aliphatic rings. The average Bonchev–Trinajstić information content (AvgIpc) is 2.73. The first kappa shape index (κ1) is 15.4. The van der Waals surface area contributed by atoms with Crippen molar-refractivity contribution in [1.82, 2.24) is 10.2 Å². The van der Waals surface area contributed by atoms with Gasteiger partial charge in [-0.3, -0.25) is 4.79 Å². The smallest absolute Gasteiger partial charge is 0.245 e. The summed E-state index contributed by atoms with van der Waals surface area (Å²) < 4.78 is 0. The first-order valence-corrected chi connectivity index (χ1v) is 9.93. The van der Waals surface area contributed by atoms with E-state index < -0.39 is 0 Å². The minimum absolute atomic E-state index is 0.138. The molecule has 1 saturated heterocycles. The maximum Gasteiger partial charge on any atom is 0.245 e. The molecule has 3 heterocycles. The van der Waals surface area contributed by atoms with Crippen LogP contribution < -0.4 is 5.32 Å². The molecular weight excluding hydrogens is 300 g/mol. The van der Waals surface area contributed by atoms with Crippen LogP contribution in [0.25, 0.3) is 0 Å². The van der Waals surface area contributed by atoms with Gasteiger partial charge in [-0.15, -0.1) is 11.3 Å². The normalized spacial score (nSPS) is 27.1. The molecule has 2 atom stereocenters. The van der Waals surface area contributed by atoms with E-state index in [0.29, 0.717) is 5.92 Å². The third-order valence-electron chi connectivity index (χ3n) is 4.52. The number of nitrogens with zero attached hydrogens (tertiary/aromatic N) is 1. The lowest BCUT2D eigenvalue weighted by molar-refractivity contribution is -0.133. The quantitative estimate of drug-likeness (QED) is 0.928. The number of thioether (sulfide) groups is 1. The van der Waals surface area contributed by atoms with Crippen molar-refractivity contribution in [3.8, 4) is 0 Å². The summed E-state index contributed by atoms with van der Waals surface area (Å²) in [6, 6.07) is 2.05. The number of likely N-dealkylation sites (N-methyl/N-ethyl adjacent to an activating group) is 1. The SMILES string of the molecule is CNC1C(=O)N(CC2CCCCSC2)CCc2ccsc21. The van der Waals surface area contributed by atoms with E-state index in [-0.39, 0.29) is 11.9 Å². The first-order valence-electron chi connectivity index (χ1n) is 7.89. The van der Waals surface area contributed by atoms with Crippen LogP contribution in [0, 0.1) is 5.92 Å². The molecule has 5 heteroatoms. The molecular formula is C16H24N2OS2. The third kappa shape index (κ3) is 3.46. The highest BCUT2D eigenvalue weighted by Crippen LogP contribution is 2.31. The van der Waals surface area contributed by atoms with Gasteiger partial charge in [-0.05, 0) is 60.7 Å². The molecule has 0 spiro atoms. The fourth-order valence-corrected chi connectivity index (χ4v) is 5.57. The second-order valence-corrected chi connectivity index (χ2v) is 8.10. The fourth-order valence-electron chi connectivity index (χ4n) is 3.33. The van der Waals surface area contributed by atoms with Crippen LogP contribution in [0.3, 0.4) is 0 Å². The zero-order valence-corrected chi connectivity index (χ0v) is 14.3. The van der Waals surface area contributed by atoms with Crippen LogP contribution in [0.1, 0.15) is 35.7 Å². The van der Waals surface area contributed by atoms with E-state index in [2.05, 4.69) is 33.4 Å². The van der Waals surface area contributed by atoms with E-state index in [1.54, 1.807) is 11.3 Å². The number of fused-ring (bicyclic) bond motifs is 1. The van der Waals surface area contributed by atoms with Crippen molar-refractivity contribution in [1.29, 1.82) is 0 Å². The highest BCUT2D eigenvalue weighted by atomic mass is 32.2. The molecule has 1 fully saturated rings. The molecule has 3 nitrogen and oxygen atoms in total. The number of thiophene rings is 1. The predicted molar refractivity (Wildman–Crippen MR) is 91.1 cm³/mol. The second kappa shape index (κ2) is 7.16. The second-order valence-electron chi connectivity index (χ2n) is 6.00. The standard InChI is InChI=1S/C16H24N2OS2/c1-17-14-15-13(6-9-21-15)5-7-18(16(14)19)10-12-4-2-3-8-20-11-12/h6,9,12,14,17H,2-5,7-8,10-11H2,1H3. The molecule has 1 aromatic heterocycles. The highest BCUT2D eigenvalue weighted by Gasteiger charge is 2.31. The van der Waals surface area contributed by atoms with Crippen LogP contribution >= 0.6 is 23.1 Å². The van der Waals surface area contributed by atoms with Gasteiger partial charge >= 0.3 is 0 Å². The van der Waals surface area contributed by atoms with E-state index in [0.717, 1.165) is 19.5 Å². The summed E-state index contributed by atoms with van der Waals surface area (Å²) in [5.41, 5.74) is 1.35. The first-order chi connectivity index (χ1) is 10.3. The van der Waals surface area contributed by atoms with Crippen molar-refractivity contribution >= 4 is 29.0 Å². The van der Waals surface area contributed by atoms with E-state index in [4.69, 9.17) is 0 Å². The lowest BCUT2D eigenvalue weighted by atomic mass is 10.0. The van der Waals surface area contributed by atoms with Crippen LogP contribution in [0.4, 0.5) is 0 Å². The predicted octanol–water partition coefficient (Wildman–Crippen LogP) is 2.93. The fraction of sp³-hybridized carbons (Fsp3) is 0.688. The topological polar surface area (TPSA) is 32.3 Å². The molecule has 116 valence electrons. The van der Waals surface area contributed by atoms with Crippen LogP contribution in [0.5, 0.6) is 0 Å². The number of carbonyl (C=O) groups excluding carboxylic acids is 1. The minimum Gasteiger partial charge on any atom is -0.340 e. The van der Waals surface area contributed by atoms with Crippen LogP contribution in [0.2, 0.25) is 0 Å². The number of nitrogens with one attached hydrogen (secondary N) is 1. The Morgan fingerprint density at radius 3 is 3.19 bits per heavy atom. The van der Waals surface area contributed by atoms with Gasteiger partial charge in [0.25, 0.3) is 0 Å². The van der Waals surface area contributed by atoms with Crippen molar-refractivity contribution in [2.75, 3.05) is 31.6 Å². The van der Waals surface area contributed by atoms with Gasteiger partial charge in [-0.2, -0.15) is 11.8 Å². The summed E-state index contributed by atoms with van der Waals surface area (Å²) in [5, 5.41) is 5.34. The van der Waals surface area contributed by atoms with Crippen molar-refractivity contribution in [3.63, 3.8) is 0 Å². The maximum absolute atomic E-state index is 12.9.